The number of anilines is 1. The zero-order valence-electron chi connectivity index (χ0n) is 12.8. The third kappa shape index (κ3) is 3.72. The Bertz CT molecular complexity index is 645. The van der Waals surface area contributed by atoms with Gasteiger partial charge in [-0.25, -0.2) is 0 Å². The molecule has 2 aromatic rings. The number of benzene rings is 2. The smallest absolute Gasteiger partial charge is 0.255 e. The summed E-state index contributed by atoms with van der Waals surface area (Å²) in [6.45, 7) is 2.02. The number of thioether (sulfide) groups is 1. The third-order valence-electron chi connectivity index (χ3n) is 4.04. The molecule has 0 atom stereocenters. The molecule has 0 bridgehead atoms. The largest absolute Gasteiger partial charge is 0.321 e. The minimum Gasteiger partial charge on any atom is -0.321 e. The van der Waals surface area contributed by atoms with Crippen LogP contribution in [0.4, 0.5) is 5.69 Å². The number of nitrogens with one attached hydrogen (secondary N) is 1. The third-order valence-corrected chi connectivity index (χ3v) is 5.46. The quantitative estimate of drug-likeness (QED) is 0.832. The van der Waals surface area contributed by atoms with Crippen LogP contribution in [0.25, 0.3) is 0 Å². The first-order valence-corrected chi connectivity index (χ1v) is 8.74. The van der Waals surface area contributed by atoms with E-state index in [9.17, 15) is 4.79 Å². The summed E-state index contributed by atoms with van der Waals surface area (Å²) < 4.78 is 0. The Morgan fingerprint density at radius 3 is 2.45 bits per heavy atom. The highest BCUT2D eigenvalue weighted by atomic mass is 32.2. The first-order valence-electron chi connectivity index (χ1n) is 7.86. The van der Waals surface area contributed by atoms with Gasteiger partial charge in [0.2, 0.25) is 0 Å². The average Bonchev–Trinajstić information content (AvgIpc) is 3.03. The molecule has 1 aliphatic rings. The lowest BCUT2D eigenvalue weighted by Crippen LogP contribution is -2.12. The maximum Gasteiger partial charge on any atom is 0.255 e. The van der Waals surface area contributed by atoms with Crippen LogP contribution in [0.2, 0.25) is 0 Å². The molecule has 114 valence electrons. The number of carbonyl (C=O) groups is 1. The lowest BCUT2D eigenvalue weighted by molar-refractivity contribution is 0.102. The second kappa shape index (κ2) is 7.01. The molecule has 0 radical (unpaired) electrons. The number of hydrogen-bond acceptors (Lipinski definition) is 2. The predicted octanol–water partition coefficient (Wildman–Crippen LogP) is 5.28. The summed E-state index contributed by atoms with van der Waals surface area (Å²) in [5.74, 6) is -0.0422. The molecule has 2 nitrogen and oxygen atoms in total. The summed E-state index contributed by atoms with van der Waals surface area (Å²) in [6.07, 6.45) is 5.22. The number of para-hydroxylation sites is 1. The molecular weight excluding hydrogens is 290 g/mol. The molecule has 0 aromatic heterocycles. The van der Waals surface area contributed by atoms with Crippen LogP contribution in [0.1, 0.15) is 41.6 Å². The van der Waals surface area contributed by atoms with Crippen molar-refractivity contribution in [1.29, 1.82) is 0 Å². The summed E-state index contributed by atoms with van der Waals surface area (Å²) in [5.41, 5.74) is 2.78. The van der Waals surface area contributed by atoms with E-state index in [1.165, 1.54) is 30.6 Å². The molecule has 0 unspecified atom stereocenters. The van der Waals surface area contributed by atoms with Gasteiger partial charge in [-0.1, -0.05) is 42.7 Å². The normalized spacial score (nSPS) is 15.0. The van der Waals surface area contributed by atoms with E-state index in [-0.39, 0.29) is 5.91 Å². The van der Waals surface area contributed by atoms with Gasteiger partial charge >= 0.3 is 0 Å². The van der Waals surface area contributed by atoms with E-state index < -0.39 is 0 Å². The van der Waals surface area contributed by atoms with Gasteiger partial charge in [0, 0.05) is 15.7 Å². The Kier molecular flexibility index (Phi) is 4.84. The molecule has 1 amide bonds. The fraction of sp³-hybridized carbons (Fsp3) is 0.316. The van der Waals surface area contributed by atoms with Gasteiger partial charge in [-0.2, -0.15) is 0 Å². The predicted molar refractivity (Wildman–Crippen MR) is 93.7 cm³/mol. The van der Waals surface area contributed by atoms with Gasteiger partial charge in [0.15, 0.2) is 0 Å². The monoisotopic (exact) mass is 311 g/mol. The van der Waals surface area contributed by atoms with E-state index in [0.29, 0.717) is 10.8 Å². The van der Waals surface area contributed by atoms with Gasteiger partial charge in [0.25, 0.3) is 5.91 Å². The molecule has 1 saturated carbocycles. The van der Waals surface area contributed by atoms with Crippen molar-refractivity contribution in [1.82, 2.24) is 0 Å². The van der Waals surface area contributed by atoms with Crippen LogP contribution in [0.5, 0.6) is 0 Å². The van der Waals surface area contributed by atoms with Crippen molar-refractivity contribution in [2.45, 2.75) is 42.8 Å². The Labute approximate surface area is 136 Å². The van der Waals surface area contributed by atoms with Crippen molar-refractivity contribution in [2.75, 3.05) is 5.32 Å². The van der Waals surface area contributed by atoms with Crippen LogP contribution >= 0.6 is 11.8 Å². The zero-order valence-corrected chi connectivity index (χ0v) is 13.7. The topological polar surface area (TPSA) is 29.1 Å². The van der Waals surface area contributed by atoms with Crippen LogP contribution in [-0.2, 0) is 0 Å². The number of aryl methyl sites for hydroxylation is 1. The average molecular weight is 311 g/mol. The van der Waals surface area contributed by atoms with Crippen LogP contribution in [-0.4, -0.2) is 11.2 Å². The van der Waals surface area contributed by atoms with Crippen molar-refractivity contribution in [3.8, 4) is 0 Å². The van der Waals surface area contributed by atoms with Crippen molar-refractivity contribution in [3.63, 3.8) is 0 Å². The minimum absolute atomic E-state index is 0.0422. The Morgan fingerprint density at radius 1 is 1.05 bits per heavy atom. The van der Waals surface area contributed by atoms with Gasteiger partial charge in [-0.3, -0.25) is 4.79 Å². The first-order chi connectivity index (χ1) is 10.7. The van der Waals surface area contributed by atoms with E-state index in [2.05, 4.69) is 11.4 Å². The number of amides is 1. The molecule has 1 fully saturated rings. The lowest BCUT2D eigenvalue weighted by Gasteiger charge is -2.14. The number of hydrogen-bond donors (Lipinski definition) is 1. The molecule has 1 aliphatic carbocycles. The SMILES string of the molecule is Cc1ccc(C(=O)Nc2ccccc2SC2CCCC2)cc1. The zero-order chi connectivity index (χ0) is 15.4. The highest BCUT2D eigenvalue weighted by Crippen LogP contribution is 2.38. The van der Waals surface area contributed by atoms with Crippen LogP contribution in [0.3, 0.4) is 0 Å². The fourth-order valence-electron chi connectivity index (χ4n) is 2.76. The van der Waals surface area contributed by atoms with Crippen LogP contribution in [0.15, 0.2) is 53.4 Å². The Balaban J connectivity index is 1.73. The molecule has 3 rings (SSSR count). The fourth-order valence-corrected chi connectivity index (χ4v) is 4.09. The molecule has 22 heavy (non-hydrogen) atoms. The highest BCUT2D eigenvalue weighted by Gasteiger charge is 2.18. The van der Waals surface area contributed by atoms with Crippen LogP contribution < -0.4 is 5.32 Å². The lowest BCUT2D eigenvalue weighted by atomic mass is 10.1. The molecule has 1 N–H and O–H groups in total. The van der Waals surface area contributed by atoms with E-state index >= 15 is 0 Å². The molecule has 0 saturated heterocycles. The van der Waals surface area contributed by atoms with Gasteiger partial charge in [0.1, 0.15) is 0 Å². The summed E-state index contributed by atoms with van der Waals surface area (Å²) >= 11 is 1.90. The standard InChI is InChI=1S/C19H21NOS/c1-14-10-12-15(13-11-14)19(21)20-17-8-4-5-9-18(17)22-16-6-2-3-7-16/h4-5,8-13,16H,2-3,6-7H2,1H3,(H,20,21). The van der Waals surface area contributed by atoms with Crippen molar-refractivity contribution < 1.29 is 4.79 Å². The summed E-state index contributed by atoms with van der Waals surface area (Å²) in [7, 11) is 0. The van der Waals surface area contributed by atoms with Crippen LogP contribution in [0, 0.1) is 6.92 Å². The highest BCUT2D eigenvalue weighted by molar-refractivity contribution is 8.00. The van der Waals surface area contributed by atoms with Gasteiger partial charge in [-0.05, 0) is 44.0 Å². The second-order valence-corrected chi connectivity index (χ2v) is 7.18. The Hall–Kier alpha value is -1.74. The van der Waals surface area contributed by atoms with Gasteiger partial charge in [-0.15, -0.1) is 11.8 Å². The van der Waals surface area contributed by atoms with Gasteiger partial charge in [0.05, 0.1) is 5.69 Å². The summed E-state index contributed by atoms with van der Waals surface area (Å²) in [6, 6.07) is 15.8. The van der Waals surface area contributed by atoms with Crippen molar-refractivity contribution >= 4 is 23.4 Å². The first kappa shape index (κ1) is 15.2. The maximum absolute atomic E-state index is 12.4. The second-order valence-electron chi connectivity index (χ2n) is 5.84. The molecular formula is C19H21NOS. The molecule has 2 aromatic carbocycles. The van der Waals surface area contributed by atoms with E-state index in [0.717, 1.165) is 11.3 Å². The van der Waals surface area contributed by atoms with Crippen molar-refractivity contribution in [3.05, 3.63) is 59.7 Å². The maximum atomic E-state index is 12.4. The van der Waals surface area contributed by atoms with E-state index in [4.69, 9.17) is 0 Å². The van der Waals surface area contributed by atoms with E-state index in [1.807, 2.05) is 61.2 Å². The van der Waals surface area contributed by atoms with E-state index in [1.54, 1.807) is 0 Å². The minimum atomic E-state index is -0.0422. The van der Waals surface area contributed by atoms with Gasteiger partial charge < -0.3 is 5.32 Å². The molecule has 0 heterocycles. The summed E-state index contributed by atoms with van der Waals surface area (Å²) in [5, 5.41) is 3.75. The Morgan fingerprint density at radius 2 is 1.73 bits per heavy atom. The summed E-state index contributed by atoms with van der Waals surface area (Å²) in [4.78, 5) is 13.6. The molecule has 0 aliphatic heterocycles. The molecule has 3 heteroatoms. The number of carbonyl (C=O) groups excluding carboxylic acids is 1. The molecule has 0 spiro atoms. The number of rotatable bonds is 4. The van der Waals surface area contributed by atoms with Crippen molar-refractivity contribution in [2.24, 2.45) is 0 Å².